The van der Waals surface area contributed by atoms with Gasteiger partial charge in [-0.3, -0.25) is 9.59 Å². The number of amides is 1. The van der Waals surface area contributed by atoms with Gasteiger partial charge in [0.15, 0.2) is 5.65 Å². The molecule has 3 aromatic heterocycles. The summed E-state index contributed by atoms with van der Waals surface area (Å²) < 4.78 is 1.72. The fraction of sp³-hybridized carbons (Fsp3) is 0.243. The highest BCUT2D eigenvalue weighted by Crippen LogP contribution is 2.32. The molecule has 49 heavy (non-hydrogen) atoms. The van der Waals surface area contributed by atoms with Gasteiger partial charge in [0.25, 0.3) is 5.56 Å². The van der Waals surface area contributed by atoms with Crippen molar-refractivity contribution in [2.75, 3.05) is 18.8 Å². The monoisotopic (exact) mass is 674 g/mol. The van der Waals surface area contributed by atoms with E-state index in [9.17, 15) is 14.7 Å². The maximum absolute atomic E-state index is 13.4. The zero-order valence-electron chi connectivity index (χ0n) is 27.2. The number of carbonyl (C=O) groups is 1. The molecule has 0 atom stereocenters. The second-order valence-electron chi connectivity index (χ2n) is 11.5. The van der Waals surface area contributed by atoms with Gasteiger partial charge in [0.05, 0.1) is 22.8 Å². The lowest BCUT2D eigenvalue weighted by atomic mass is 10.0. The number of H-pyrrole nitrogens is 1. The number of anilines is 1. The molecule has 6 aromatic rings. The summed E-state index contributed by atoms with van der Waals surface area (Å²) in [6.07, 6.45) is 3.34. The normalized spacial score (nSPS) is 11.1. The van der Waals surface area contributed by atoms with Crippen molar-refractivity contribution in [1.29, 1.82) is 0 Å². The fourth-order valence-electron chi connectivity index (χ4n) is 5.89. The lowest BCUT2D eigenvalue weighted by Crippen LogP contribution is -2.30. The van der Waals surface area contributed by atoms with Crippen LogP contribution in [0.25, 0.3) is 33.2 Å². The minimum atomic E-state index is -0.283. The Labute approximate surface area is 287 Å². The van der Waals surface area contributed by atoms with Crippen LogP contribution in [-0.2, 0) is 17.8 Å². The zero-order chi connectivity index (χ0) is 34.5. The average Bonchev–Trinajstić information content (AvgIpc) is 3.46. The number of carbonyl (C=O) groups excluding carboxylic acids is 1. The number of hydrogen-bond acceptors (Lipinski definition) is 8. The first-order valence-corrected chi connectivity index (χ1v) is 16.5. The zero-order valence-corrected chi connectivity index (χ0v) is 28.0. The van der Waals surface area contributed by atoms with Crippen molar-refractivity contribution >= 4 is 45.3 Å². The summed E-state index contributed by atoms with van der Waals surface area (Å²) in [5, 5.41) is 16.2. The molecule has 0 aliphatic heterocycles. The molecule has 0 spiro atoms. The third kappa shape index (κ3) is 7.10. The Morgan fingerprint density at radius 1 is 1.04 bits per heavy atom. The number of aromatic nitrogens is 6. The summed E-state index contributed by atoms with van der Waals surface area (Å²) in [6.45, 7) is 5.60. The van der Waals surface area contributed by atoms with Gasteiger partial charge in [0.2, 0.25) is 5.91 Å². The average molecular weight is 675 g/mol. The van der Waals surface area contributed by atoms with E-state index in [-0.39, 0.29) is 29.6 Å². The molecule has 4 N–H and O–H groups in total. The fourth-order valence-corrected chi connectivity index (χ4v) is 6.14. The highest BCUT2D eigenvalue weighted by Gasteiger charge is 2.20. The molecule has 248 valence electrons. The van der Waals surface area contributed by atoms with Crippen LogP contribution in [0, 0.1) is 11.8 Å². The van der Waals surface area contributed by atoms with Crippen molar-refractivity contribution in [3.8, 4) is 28.8 Å². The number of nitrogen functional groups attached to an aromatic ring is 1. The Morgan fingerprint density at radius 3 is 2.59 bits per heavy atom. The molecule has 0 aliphatic carbocycles. The Hall–Kier alpha value is -5.73. The van der Waals surface area contributed by atoms with Crippen molar-refractivity contribution in [1.82, 2.24) is 34.6 Å². The van der Waals surface area contributed by atoms with E-state index in [2.05, 4.69) is 26.8 Å². The molecule has 12 heteroatoms. The largest absolute Gasteiger partial charge is 0.508 e. The highest BCUT2D eigenvalue weighted by molar-refractivity contribution is 6.31. The number of phenolic OH excluding ortho intramolecular Hbond substituents is 1. The second kappa shape index (κ2) is 14.6. The lowest BCUT2D eigenvalue weighted by Gasteiger charge is -2.17. The molecule has 0 unspecified atom stereocenters. The van der Waals surface area contributed by atoms with E-state index in [0.717, 1.165) is 16.7 Å². The summed E-state index contributed by atoms with van der Waals surface area (Å²) in [5.41, 5.74) is 10.6. The molecule has 0 fully saturated rings. The number of aromatic hydroxyl groups is 1. The molecule has 3 heterocycles. The van der Waals surface area contributed by atoms with Crippen LogP contribution in [0.4, 0.5) is 5.82 Å². The Kier molecular flexibility index (Phi) is 9.87. The first-order valence-electron chi connectivity index (χ1n) is 16.1. The van der Waals surface area contributed by atoms with Crippen molar-refractivity contribution in [3.05, 3.63) is 105 Å². The van der Waals surface area contributed by atoms with E-state index >= 15 is 0 Å². The molecule has 0 saturated carbocycles. The van der Waals surface area contributed by atoms with E-state index in [4.69, 9.17) is 27.4 Å². The van der Waals surface area contributed by atoms with Gasteiger partial charge in [-0.1, -0.05) is 41.6 Å². The SMILES string of the molecule is CCN(CC)C(=O)CCCC#Cc1cccc2nc(Cc3cccc(Cl)c3Cn3nc(-c4ccc(O)cc4)c4c(N)ncnc43)[nH]c(=O)c12. The molecule has 0 saturated heterocycles. The summed E-state index contributed by atoms with van der Waals surface area (Å²) >= 11 is 6.78. The molecular formula is C37H35ClN8O3. The predicted octanol–water partition coefficient (Wildman–Crippen LogP) is 5.70. The van der Waals surface area contributed by atoms with E-state index in [1.807, 2.05) is 36.9 Å². The van der Waals surface area contributed by atoms with Crippen molar-refractivity contribution in [2.45, 2.75) is 46.1 Å². The molecule has 3 aromatic carbocycles. The number of aromatic amines is 1. The van der Waals surface area contributed by atoms with Gasteiger partial charge >= 0.3 is 0 Å². The van der Waals surface area contributed by atoms with E-state index in [1.54, 1.807) is 47.1 Å². The molecule has 6 rings (SSSR count). The number of phenols is 1. The molecule has 0 aliphatic rings. The van der Waals surface area contributed by atoms with Crippen molar-refractivity contribution in [3.63, 3.8) is 0 Å². The van der Waals surface area contributed by atoms with Gasteiger partial charge in [-0.15, -0.1) is 0 Å². The maximum atomic E-state index is 13.4. The molecule has 0 bridgehead atoms. The van der Waals surface area contributed by atoms with Crippen LogP contribution in [0.3, 0.4) is 0 Å². The van der Waals surface area contributed by atoms with Gasteiger partial charge < -0.3 is 20.7 Å². The van der Waals surface area contributed by atoms with Gasteiger partial charge in [-0.25, -0.2) is 19.6 Å². The van der Waals surface area contributed by atoms with E-state index < -0.39 is 0 Å². The number of nitrogens with two attached hydrogens (primary N) is 1. The Morgan fingerprint density at radius 2 is 1.82 bits per heavy atom. The quantitative estimate of drug-likeness (QED) is 0.123. The first-order chi connectivity index (χ1) is 23.8. The van der Waals surface area contributed by atoms with Crippen LogP contribution in [-0.4, -0.2) is 58.7 Å². The third-order valence-corrected chi connectivity index (χ3v) is 8.75. The van der Waals surface area contributed by atoms with Crippen molar-refractivity contribution < 1.29 is 9.90 Å². The second-order valence-corrected chi connectivity index (χ2v) is 11.9. The summed E-state index contributed by atoms with van der Waals surface area (Å²) in [6, 6.07) is 17.7. The molecule has 0 radical (unpaired) electrons. The van der Waals surface area contributed by atoms with Crippen LogP contribution in [0.5, 0.6) is 5.75 Å². The van der Waals surface area contributed by atoms with E-state index in [0.29, 0.717) is 82.8 Å². The van der Waals surface area contributed by atoms with Gasteiger partial charge in [-0.2, -0.15) is 5.10 Å². The number of halogens is 1. The van der Waals surface area contributed by atoms with E-state index in [1.165, 1.54) is 6.33 Å². The molecule has 1 amide bonds. The lowest BCUT2D eigenvalue weighted by molar-refractivity contribution is -0.130. The number of nitrogens with one attached hydrogen (secondary N) is 1. The van der Waals surface area contributed by atoms with Gasteiger partial charge in [0, 0.05) is 48.5 Å². The Bertz CT molecular complexity index is 2280. The van der Waals surface area contributed by atoms with Crippen LogP contribution in [0.2, 0.25) is 5.02 Å². The molecular weight excluding hydrogens is 640 g/mol. The number of fused-ring (bicyclic) bond motifs is 2. The predicted molar refractivity (Wildman–Crippen MR) is 191 cm³/mol. The van der Waals surface area contributed by atoms with Crippen LogP contribution in [0.1, 0.15) is 55.6 Å². The minimum Gasteiger partial charge on any atom is -0.508 e. The van der Waals surface area contributed by atoms with Crippen molar-refractivity contribution in [2.24, 2.45) is 0 Å². The number of rotatable bonds is 10. The van der Waals surface area contributed by atoms with Gasteiger partial charge in [0.1, 0.15) is 29.4 Å². The minimum absolute atomic E-state index is 0.128. The maximum Gasteiger partial charge on any atom is 0.260 e. The summed E-state index contributed by atoms with van der Waals surface area (Å²) in [5.74, 6) is 7.26. The topological polar surface area (TPSA) is 156 Å². The summed E-state index contributed by atoms with van der Waals surface area (Å²) in [7, 11) is 0. The Balaban J connectivity index is 1.27. The molecule has 11 nitrogen and oxygen atoms in total. The highest BCUT2D eigenvalue weighted by atomic mass is 35.5. The van der Waals surface area contributed by atoms with Gasteiger partial charge in [-0.05, 0) is 73.9 Å². The number of nitrogens with zero attached hydrogens (tertiary/aromatic N) is 6. The van der Waals surface area contributed by atoms with Crippen LogP contribution < -0.4 is 11.3 Å². The smallest absolute Gasteiger partial charge is 0.260 e. The standard InChI is InChI=1S/C37H35ClN8O3/c1-3-45(4-2)31(48)15-7-5-6-10-23-11-9-14-29-32(23)37(49)43-30(42-29)20-25-12-8-13-28(38)27(25)21-46-36-33(35(39)40-22-41-36)34(44-46)24-16-18-26(47)19-17-24/h8-9,11-14,16-19,22,47H,3-5,7,15,20-21H2,1-2H3,(H2,39,40,41)(H,42,43,49). The first kappa shape index (κ1) is 33.2. The van der Waals surface area contributed by atoms with Crippen LogP contribution in [0.15, 0.2) is 71.8 Å². The number of hydrogen-bond donors (Lipinski definition) is 3. The summed E-state index contributed by atoms with van der Waals surface area (Å²) in [4.78, 5) is 43.9. The third-order valence-electron chi connectivity index (χ3n) is 8.40. The van der Waals surface area contributed by atoms with Crippen LogP contribution >= 0.6 is 11.6 Å². The number of unbranched alkanes of at least 4 members (excludes halogenated alkanes) is 1. The number of benzene rings is 3.